The highest BCUT2D eigenvalue weighted by molar-refractivity contribution is 7.99. The fourth-order valence-electron chi connectivity index (χ4n) is 2.08. The Morgan fingerprint density at radius 1 is 1.58 bits per heavy atom. The summed E-state index contributed by atoms with van der Waals surface area (Å²) >= 11 is 1.90. The van der Waals surface area contributed by atoms with Crippen LogP contribution in [-0.4, -0.2) is 40.1 Å². The molecule has 2 unspecified atom stereocenters. The van der Waals surface area contributed by atoms with E-state index in [0.29, 0.717) is 5.25 Å². The minimum Gasteiger partial charge on any atom is -0.389 e. The minimum atomic E-state index is -0.525. The van der Waals surface area contributed by atoms with Crippen molar-refractivity contribution in [2.24, 2.45) is 0 Å². The molecule has 0 bridgehead atoms. The fraction of sp³-hybridized carbons (Fsp3) is 0.500. The number of amides is 2. The van der Waals surface area contributed by atoms with Gasteiger partial charge < -0.3 is 15.3 Å². The van der Waals surface area contributed by atoms with E-state index in [1.807, 2.05) is 40.9 Å². The molecule has 19 heavy (non-hydrogen) atoms. The van der Waals surface area contributed by atoms with E-state index in [2.05, 4.69) is 12.2 Å². The minimum absolute atomic E-state index is 0.0603. The molecule has 0 aromatic heterocycles. The number of nitrogens with zero attached hydrogens (tertiary/aromatic N) is 1. The van der Waals surface area contributed by atoms with Gasteiger partial charge in [-0.3, -0.25) is 0 Å². The molecular weight excluding hydrogens is 260 g/mol. The third kappa shape index (κ3) is 3.88. The summed E-state index contributed by atoms with van der Waals surface area (Å²) in [5.41, 5.74) is 1.54. The highest BCUT2D eigenvalue weighted by Crippen LogP contribution is 2.20. The van der Waals surface area contributed by atoms with Crippen LogP contribution in [0.4, 0.5) is 10.5 Å². The Bertz CT molecular complexity index is 451. The number of benzene rings is 1. The van der Waals surface area contributed by atoms with Gasteiger partial charge in [0.15, 0.2) is 0 Å². The van der Waals surface area contributed by atoms with Crippen LogP contribution in [-0.2, 0) is 0 Å². The van der Waals surface area contributed by atoms with Crippen molar-refractivity contribution in [1.29, 1.82) is 0 Å². The summed E-state index contributed by atoms with van der Waals surface area (Å²) < 4.78 is 0. The number of aliphatic hydroxyl groups excluding tert-OH is 1. The lowest BCUT2D eigenvalue weighted by atomic mass is 10.1. The summed E-state index contributed by atoms with van der Waals surface area (Å²) in [6.07, 6.45) is -0.525. The van der Waals surface area contributed by atoms with Gasteiger partial charge in [0, 0.05) is 29.8 Å². The highest BCUT2D eigenvalue weighted by atomic mass is 32.2. The van der Waals surface area contributed by atoms with Gasteiger partial charge in [-0.15, -0.1) is 0 Å². The molecule has 0 radical (unpaired) electrons. The largest absolute Gasteiger partial charge is 0.389 e. The monoisotopic (exact) mass is 280 g/mol. The third-order valence-electron chi connectivity index (χ3n) is 3.15. The van der Waals surface area contributed by atoms with Gasteiger partial charge in [-0.25, -0.2) is 4.79 Å². The summed E-state index contributed by atoms with van der Waals surface area (Å²) in [5, 5.41) is 12.9. The van der Waals surface area contributed by atoms with E-state index in [9.17, 15) is 9.90 Å². The first kappa shape index (κ1) is 14.2. The highest BCUT2D eigenvalue weighted by Gasteiger charge is 2.21. The normalized spacial score (nSPS) is 21.0. The van der Waals surface area contributed by atoms with Crippen LogP contribution in [0.2, 0.25) is 0 Å². The molecule has 2 atom stereocenters. The number of hydrogen-bond donors (Lipinski definition) is 2. The maximum Gasteiger partial charge on any atom is 0.321 e. The van der Waals surface area contributed by atoms with Gasteiger partial charge in [0.1, 0.15) is 0 Å². The number of rotatable bonds is 2. The number of hydrogen-bond acceptors (Lipinski definition) is 3. The summed E-state index contributed by atoms with van der Waals surface area (Å²) in [6.45, 7) is 5.42. The van der Waals surface area contributed by atoms with Crippen LogP contribution in [0, 0.1) is 0 Å². The summed E-state index contributed by atoms with van der Waals surface area (Å²) in [6, 6.07) is 7.28. The molecule has 1 heterocycles. The first-order chi connectivity index (χ1) is 9.06. The summed E-state index contributed by atoms with van der Waals surface area (Å²) in [4.78, 5) is 14.0. The molecule has 5 heteroatoms. The predicted molar refractivity (Wildman–Crippen MR) is 79.6 cm³/mol. The van der Waals surface area contributed by atoms with E-state index in [1.54, 1.807) is 6.92 Å². The molecule has 2 N–H and O–H groups in total. The van der Waals surface area contributed by atoms with Crippen LogP contribution in [0.5, 0.6) is 0 Å². The molecule has 1 saturated heterocycles. The lowest BCUT2D eigenvalue weighted by Crippen LogP contribution is -2.43. The van der Waals surface area contributed by atoms with Gasteiger partial charge >= 0.3 is 6.03 Å². The van der Waals surface area contributed by atoms with Crippen LogP contribution >= 0.6 is 11.8 Å². The molecule has 1 aromatic carbocycles. The molecule has 0 spiro atoms. The molecule has 1 fully saturated rings. The molecular formula is C14H20N2O2S. The molecule has 0 aliphatic carbocycles. The van der Waals surface area contributed by atoms with Gasteiger partial charge in [0.05, 0.1) is 6.10 Å². The van der Waals surface area contributed by atoms with Crippen molar-refractivity contribution in [1.82, 2.24) is 4.90 Å². The average Bonchev–Trinajstić information content (AvgIpc) is 2.39. The molecule has 1 aromatic rings. The Balaban J connectivity index is 2.00. The summed E-state index contributed by atoms with van der Waals surface area (Å²) in [7, 11) is 0. The fourth-order valence-corrected chi connectivity index (χ4v) is 3.10. The zero-order chi connectivity index (χ0) is 13.8. The molecule has 2 rings (SSSR count). The maximum atomic E-state index is 12.1. The van der Waals surface area contributed by atoms with Crippen molar-refractivity contribution in [2.45, 2.75) is 25.2 Å². The molecule has 0 saturated carbocycles. The Labute approximate surface area is 118 Å². The lowest BCUT2D eigenvalue weighted by molar-refractivity contribution is 0.199. The second kappa shape index (κ2) is 6.30. The zero-order valence-corrected chi connectivity index (χ0v) is 12.1. The van der Waals surface area contributed by atoms with Crippen molar-refractivity contribution in [2.75, 3.05) is 24.2 Å². The van der Waals surface area contributed by atoms with Gasteiger partial charge in [0.25, 0.3) is 0 Å². The van der Waals surface area contributed by atoms with Crippen LogP contribution in [0.1, 0.15) is 25.5 Å². The Morgan fingerprint density at radius 3 is 3.05 bits per heavy atom. The number of thioether (sulfide) groups is 1. The SMILES string of the molecule is CC1CN(C(=O)Nc2cccc(C(C)O)c2)CCS1. The maximum absolute atomic E-state index is 12.1. The number of urea groups is 1. The number of anilines is 1. The van der Waals surface area contributed by atoms with Crippen LogP contribution in [0.25, 0.3) is 0 Å². The Morgan fingerprint density at radius 2 is 2.37 bits per heavy atom. The molecule has 2 amide bonds. The smallest absolute Gasteiger partial charge is 0.321 e. The molecule has 1 aliphatic rings. The predicted octanol–water partition coefficient (Wildman–Crippen LogP) is 2.71. The average molecular weight is 280 g/mol. The lowest BCUT2D eigenvalue weighted by Gasteiger charge is -2.30. The quantitative estimate of drug-likeness (QED) is 0.876. The topological polar surface area (TPSA) is 52.6 Å². The van der Waals surface area contributed by atoms with E-state index in [0.717, 1.165) is 30.1 Å². The number of nitrogens with one attached hydrogen (secondary N) is 1. The van der Waals surface area contributed by atoms with E-state index < -0.39 is 6.10 Å². The first-order valence-corrected chi connectivity index (χ1v) is 7.56. The number of carbonyl (C=O) groups excluding carboxylic acids is 1. The Kier molecular flexibility index (Phi) is 4.71. The van der Waals surface area contributed by atoms with Gasteiger partial charge in [0.2, 0.25) is 0 Å². The van der Waals surface area contributed by atoms with Gasteiger partial charge in [-0.1, -0.05) is 19.1 Å². The van der Waals surface area contributed by atoms with Gasteiger partial charge in [-0.2, -0.15) is 11.8 Å². The Hall–Kier alpha value is -1.20. The standard InChI is InChI=1S/C14H20N2O2S/c1-10-9-16(6-7-19-10)14(18)15-13-5-3-4-12(8-13)11(2)17/h3-5,8,10-11,17H,6-7,9H2,1-2H3,(H,15,18). The van der Waals surface area contributed by atoms with Crippen molar-refractivity contribution in [3.05, 3.63) is 29.8 Å². The van der Waals surface area contributed by atoms with Crippen molar-refractivity contribution in [3.8, 4) is 0 Å². The van der Waals surface area contributed by atoms with Crippen LogP contribution < -0.4 is 5.32 Å². The van der Waals surface area contributed by atoms with Crippen molar-refractivity contribution >= 4 is 23.5 Å². The first-order valence-electron chi connectivity index (χ1n) is 6.52. The number of carbonyl (C=O) groups is 1. The van der Waals surface area contributed by atoms with Crippen molar-refractivity contribution in [3.63, 3.8) is 0 Å². The molecule has 104 valence electrons. The van der Waals surface area contributed by atoms with Crippen LogP contribution in [0.15, 0.2) is 24.3 Å². The second-order valence-electron chi connectivity index (χ2n) is 4.86. The second-order valence-corrected chi connectivity index (χ2v) is 6.41. The van der Waals surface area contributed by atoms with Gasteiger partial charge in [-0.05, 0) is 24.6 Å². The van der Waals surface area contributed by atoms with E-state index in [4.69, 9.17) is 0 Å². The summed E-state index contributed by atoms with van der Waals surface area (Å²) in [5.74, 6) is 0.988. The zero-order valence-electron chi connectivity index (χ0n) is 11.3. The number of aliphatic hydroxyl groups is 1. The van der Waals surface area contributed by atoms with Crippen molar-refractivity contribution < 1.29 is 9.90 Å². The van der Waals surface area contributed by atoms with E-state index in [1.165, 1.54) is 0 Å². The molecule has 1 aliphatic heterocycles. The van der Waals surface area contributed by atoms with Crippen LogP contribution in [0.3, 0.4) is 0 Å². The molecule has 4 nitrogen and oxygen atoms in total. The van der Waals surface area contributed by atoms with E-state index >= 15 is 0 Å². The third-order valence-corrected chi connectivity index (χ3v) is 4.28. The van der Waals surface area contributed by atoms with E-state index in [-0.39, 0.29) is 6.03 Å².